The molecule has 45 heavy (non-hydrogen) atoms. The molecule has 0 spiro atoms. The fourth-order valence-electron chi connectivity index (χ4n) is 4.88. The lowest BCUT2D eigenvalue weighted by atomic mass is 10.1. The van der Waals surface area contributed by atoms with Crippen LogP contribution < -0.4 is 28.6 Å². The summed E-state index contributed by atoms with van der Waals surface area (Å²) in [4.78, 5) is 29.1. The summed E-state index contributed by atoms with van der Waals surface area (Å²) in [5.41, 5.74) is 1.84. The SMILES string of the molecule is CC[C@@H](C(=O)NC(C)C)N(Cc1ccccc1C)C(=O)CN(c1cc(OC)ccc1OC)S(=O)(=O)c1ccc(OC)c(OC)c1. The van der Waals surface area contributed by atoms with Crippen molar-refractivity contribution in [3.8, 4) is 23.0 Å². The van der Waals surface area contributed by atoms with E-state index in [1.54, 1.807) is 12.1 Å². The van der Waals surface area contributed by atoms with Crippen LogP contribution in [0.15, 0.2) is 65.6 Å². The highest BCUT2D eigenvalue weighted by Gasteiger charge is 2.35. The van der Waals surface area contributed by atoms with Gasteiger partial charge in [0.1, 0.15) is 24.1 Å². The third-order valence-electron chi connectivity index (χ3n) is 7.30. The van der Waals surface area contributed by atoms with Crippen molar-refractivity contribution in [2.45, 2.75) is 57.6 Å². The molecule has 0 saturated carbocycles. The molecule has 0 radical (unpaired) electrons. The number of hydrogen-bond donors (Lipinski definition) is 1. The minimum Gasteiger partial charge on any atom is -0.497 e. The zero-order chi connectivity index (χ0) is 33.3. The predicted octanol–water partition coefficient (Wildman–Crippen LogP) is 4.56. The van der Waals surface area contributed by atoms with Gasteiger partial charge in [0.15, 0.2) is 11.5 Å². The van der Waals surface area contributed by atoms with E-state index in [1.807, 2.05) is 52.0 Å². The van der Waals surface area contributed by atoms with Crippen LogP contribution in [0.2, 0.25) is 0 Å². The van der Waals surface area contributed by atoms with Gasteiger partial charge in [0, 0.05) is 24.7 Å². The lowest BCUT2D eigenvalue weighted by Crippen LogP contribution is -2.53. The standard InChI is InChI=1S/C33H43N3O8S/c1-9-27(33(38)34-22(2)3)35(20-24-13-11-10-12-23(24)4)32(37)21-36(28-18-25(41-5)14-16-29(28)42-6)45(39,40)26-15-17-30(43-7)31(19-26)44-8/h10-19,22,27H,9,20-21H2,1-8H3,(H,34,38)/t27-/m0/s1. The fourth-order valence-corrected chi connectivity index (χ4v) is 6.31. The molecule has 0 aliphatic heterocycles. The van der Waals surface area contributed by atoms with Crippen molar-refractivity contribution >= 4 is 27.5 Å². The first kappa shape index (κ1) is 35.0. The van der Waals surface area contributed by atoms with Gasteiger partial charge >= 0.3 is 0 Å². The van der Waals surface area contributed by atoms with Crippen molar-refractivity contribution < 1.29 is 37.0 Å². The Morgan fingerprint density at radius 2 is 1.49 bits per heavy atom. The van der Waals surface area contributed by atoms with Crippen LogP contribution >= 0.6 is 0 Å². The summed E-state index contributed by atoms with van der Waals surface area (Å²) in [5.74, 6) is 0.165. The van der Waals surface area contributed by atoms with Gasteiger partial charge in [-0.1, -0.05) is 31.2 Å². The monoisotopic (exact) mass is 641 g/mol. The molecule has 3 aromatic carbocycles. The van der Waals surface area contributed by atoms with Crippen molar-refractivity contribution in [1.82, 2.24) is 10.2 Å². The highest BCUT2D eigenvalue weighted by atomic mass is 32.2. The summed E-state index contributed by atoms with van der Waals surface area (Å²) >= 11 is 0. The number of hydrogen-bond acceptors (Lipinski definition) is 8. The maximum atomic E-state index is 14.4. The minimum absolute atomic E-state index is 0.0792. The van der Waals surface area contributed by atoms with Crippen LogP contribution in [0.4, 0.5) is 5.69 Å². The second kappa shape index (κ2) is 15.5. The molecule has 0 bridgehead atoms. The van der Waals surface area contributed by atoms with Crippen LogP contribution in [0.25, 0.3) is 0 Å². The lowest BCUT2D eigenvalue weighted by molar-refractivity contribution is -0.140. The molecule has 3 aromatic rings. The molecular formula is C33H43N3O8S. The van der Waals surface area contributed by atoms with Crippen molar-refractivity contribution in [3.05, 3.63) is 71.8 Å². The van der Waals surface area contributed by atoms with E-state index in [2.05, 4.69) is 5.32 Å². The van der Waals surface area contributed by atoms with E-state index in [1.165, 1.54) is 57.6 Å². The molecular weight excluding hydrogens is 598 g/mol. The number of methoxy groups -OCH3 is 4. The van der Waals surface area contributed by atoms with E-state index in [0.29, 0.717) is 17.9 Å². The quantitative estimate of drug-likeness (QED) is 0.256. The van der Waals surface area contributed by atoms with E-state index in [0.717, 1.165) is 15.4 Å². The third-order valence-corrected chi connectivity index (χ3v) is 9.05. The number of benzene rings is 3. The number of carbonyl (C=O) groups excluding carboxylic acids is 2. The van der Waals surface area contributed by atoms with Crippen molar-refractivity contribution in [2.75, 3.05) is 39.3 Å². The molecule has 0 saturated heterocycles. The largest absolute Gasteiger partial charge is 0.497 e. The molecule has 1 N–H and O–H groups in total. The molecule has 12 heteroatoms. The van der Waals surface area contributed by atoms with Gasteiger partial charge in [-0.05, 0) is 62.6 Å². The number of nitrogens with zero attached hydrogens (tertiary/aromatic N) is 2. The van der Waals surface area contributed by atoms with Gasteiger partial charge in [0.2, 0.25) is 11.8 Å². The van der Waals surface area contributed by atoms with Gasteiger partial charge in [0.05, 0.1) is 39.0 Å². The molecule has 2 amide bonds. The van der Waals surface area contributed by atoms with E-state index in [-0.39, 0.29) is 40.6 Å². The Bertz CT molecular complexity index is 1590. The van der Waals surface area contributed by atoms with Gasteiger partial charge in [-0.2, -0.15) is 0 Å². The molecule has 0 unspecified atom stereocenters. The molecule has 244 valence electrons. The lowest BCUT2D eigenvalue weighted by Gasteiger charge is -2.34. The van der Waals surface area contributed by atoms with Gasteiger partial charge in [-0.3, -0.25) is 13.9 Å². The molecule has 0 fully saturated rings. The summed E-state index contributed by atoms with van der Waals surface area (Å²) in [6, 6.07) is 15.4. The van der Waals surface area contributed by atoms with Gasteiger partial charge in [-0.25, -0.2) is 8.42 Å². The first-order valence-corrected chi connectivity index (χ1v) is 16.0. The fraction of sp³-hybridized carbons (Fsp3) is 0.394. The number of aryl methyl sites for hydroxylation is 1. The average molecular weight is 642 g/mol. The van der Waals surface area contributed by atoms with E-state index >= 15 is 0 Å². The Hall–Kier alpha value is -4.45. The molecule has 3 rings (SSSR count). The van der Waals surface area contributed by atoms with Crippen LogP contribution in [0, 0.1) is 6.92 Å². The van der Waals surface area contributed by atoms with Crippen LogP contribution in [0.3, 0.4) is 0 Å². The van der Waals surface area contributed by atoms with Crippen LogP contribution in [0.5, 0.6) is 23.0 Å². The van der Waals surface area contributed by atoms with Gasteiger partial charge in [-0.15, -0.1) is 0 Å². The highest BCUT2D eigenvalue weighted by molar-refractivity contribution is 7.92. The zero-order valence-corrected chi connectivity index (χ0v) is 27.9. The number of ether oxygens (including phenoxy) is 4. The molecule has 0 heterocycles. The van der Waals surface area contributed by atoms with Crippen molar-refractivity contribution in [1.29, 1.82) is 0 Å². The van der Waals surface area contributed by atoms with Gasteiger partial charge in [0.25, 0.3) is 10.0 Å². The molecule has 1 atom stereocenters. The van der Waals surface area contributed by atoms with E-state index < -0.39 is 28.5 Å². The van der Waals surface area contributed by atoms with Crippen LogP contribution in [-0.4, -0.2) is 72.2 Å². The Morgan fingerprint density at radius 1 is 0.844 bits per heavy atom. The minimum atomic E-state index is -4.44. The first-order valence-electron chi connectivity index (χ1n) is 14.5. The Kier molecular flexibility index (Phi) is 12.1. The summed E-state index contributed by atoms with van der Waals surface area (Å²) in [7, 11) is 1.27. The summed E-state index contributed by atoms with van der Waals surface area (Å²) in [6.07, 6.45) is 0.307. The number of amides is 2. The second-order valence-electron chi connectivity index (χ2n) is 10.6. The van der Waals surface area contributed by atoms with E-state index in [9.17, 15) is 18.0 Å². The Morgan fingerprint density at radius 3 is 2.07 bits per heavy atom. The van der Waals surface area contributed by atoms with Crippen LogP contribution in [0.1, 0.15) is 38.3 Å². The number of rotatable bonds is 15. The van der Waals surface area contributed by atoms with E-state index in [4.69, 9.17) is 18.9 Å². The normalized spacial score (nSPS) is 11.8. The number of carbonyl (C=O) groups is 2. The maximum absolute atomic E-state index is 14.4. The van der Waals surface area contributed by atoms with Crippen molar-refractivity contribution in [3.63, 3.8) is 0 Å². The summed E-state index contributed by atoms with van der Waals surface area (Å²) in [5, 5.41) is 2.90. The second-order valence-corrected chi connectivity index (χ2v) is 12.5. The first-order chi connectivity index (χ1) is 21.4. The summed E-state index contributed by atoms with van der Waals surface area (Å²) < 4.78 is 51.5. The third kappa shape index (κ3) is 8.18. The Labute approximate surface area is 266 Å². The highest BCUT2D eigenvalue weighted by Crippen LogP contribution is 2.38. The molecule has 0 aromatic heterocycles. The number of nitrogens with one attached hydrogen (secondary N) is 1. The zero-order valence-electron chi connectivity index (χ0n) is 27.1. The van der Waals surface area contributed by atoms with Crippen molar-refractivity contribution in [2.24, 2.45) is 0 Å². The molecule has 0 aliphatic rings. The Balaban J connectivity index is 2.21. The average Bonchev–Trinajstić information content (AvgIpc) is 3.03. The van der Waals surface area contributed by atoms with Crippen LogP contribution in [-0.2, 0) is 26.2 Å². The maximum Gasteiger partial charge on any atom is 0.265 e. The molecule has 0 aliphatic carbocycles. The predicted molar refractivity (Wildman–Crippen MR) is 173 cm³/mol. The van der Waals surface area contributed by atoms with Gasteiger partial charge < -0.3 is 29.2 Å². The number of anilines is 1. The number of sulfonamides is 1. The molecule has 11 nitrogen and oxygen atoms in total. The smallest absolute Gasteiger partial charge is 0.265 e. The topological polar surface area (TPSA) is 124 Å². The summed E-state index contributed by atoms with van der Waals surface area (Å²) in [6.45, 7) is 6.86.